The fourth-order valence-electron chi connectivity index (χ4n) is 3.52. The van der Waals surface area contributed by atoms with Gasteiger partial charge in [-0.3, -0.25) is 4.79 Å². The Bertz CT molecular complexity index is 1100. The summed E-state index contributed by atoms with van der Waals surface area (Å²) in [5.41, 5.74) is 1.57. The molecule has 4 rings (SSSR count). The quantitative estimate of drug-likeness (QED) is 0.740. The normalized spacial score (nSPS) is 24.1. The van der Waals surface area contributed by atoms with E-state index in [1.807, 2.05) is 0 Å². The average molecular weight is 437 g/mol. The highest BCUT2D eigenvalue weighted by Gasteiger charge is 2.49. The molecule has 2 saturated heterocycles. The Balaban J connectivity index is 1.65. The Kier molecular flexibility index (Phi) is 5.20. The lowest BCUT2D eigenvalue weighted by Crippen LogP contribution is -2.37. The van der Waals surface area contributed by atoms with Gasteiger partial charge in [-0.15, -0.1) is 0 Å². The van der Waals surface area contributed by atoms with Crippen molar-refractivity contribution in [1.82, 2.24) is 0 Å². The largest absolute Gasteiger partial charge is 0.315 e. The van der Waals surface area contributed by atoms with Gasteiger partial charge in [0.15, 0.2) is 15.0 Å². The molecule has 9 heteroatoms. The van der Waals surface area contributed by atoms with Crippen LogP contribution in [0.5, 0.6) is 0 Å². The monoisotopic (exact) mass is 436 g/mol. The van der Waals surface area contributed by atoms with Gasteiger partial charge in [-0.05, 0) is 42.3 Å². The average Bonchev–Trinajstić information content (AvgIpc) is 3.10. The first-order valence-electron chi connectivity index (χ1n) is 9.00. The zero-order valence-corrected chi connectivity index (χ0v) is 17.1. The number of amides is 1. The van der Waals surface area contributed by atoms with E-state index in [2.05, 4.69) is 4.99 Å². The number of hydrogen-bond donors (Lipinski definition) is 0. The van der Waals surface area contributed by atoms with Gasteiger partial charge in [0, 0.05) is 10.9 Å². The summed E-state index contributed by atoms with van der Waals surface area (Å²) in [6.45, 7) is 1.64. The van der Waals surface area contributed by atoms with Crippen molar-refractivity contribution in [3.05, 3.63) is 65.2 Å². The van der Waals surface area contributed by atoms with Crippen LogP contribution in [0.3, 0.4) is 0 Å². The van der Waals surface area contributed by atoms with Crippen LogP contribution in [-0.2, 0) is 21.1 Å². The van der Waals surface area contributed by atoms with Crippen LogP contribution < -0.4 is 4.90 Å². The molecule has 0 aliphatic carbocycles. The molecule has 0 bridgehead atoms. The lowest BCUT2D eigenvalue weighted by Gasteiger charge is -2.24. The molecule has 152 valence electrons. The van der Waals surface area contributed by atoms with Crippen LogP contribution in [0.4, 0.5) is 14.5 Å². The van der Waals surface area contributed by atoms with Gasteiger partial charge in [0.2, 0.25) is 0 Å². The predicted molar refractivity (Wildman–Crippen MR) is 110 cm³/mol. The molecule has 2 heterocycles. The second kappa shape index (κ2) is 7.53. The number of sulfone groups is 1. The molecular weight excluding hydrogens is 418 g/mol. The van der Waals surface area contributed by atoms with E-state index in [-0.39, 0.29) is 29.0 Å². The highest BCUT2D eigenvalue weighted by atomic mass is 32.2. The van der Waals surface area contributed by atoms with E-state index in [1.165, 1.54) is 42.1 Å². The predicted octanol–water partition coefficient (Wildman–Crippen LogP) is 3.12. The molecular formula is C20H18F2N2O3S2. The second-order valence-corrected chi connectivity index (χ2v) is 10.6. The number of amidine groups is 1. The SMILES string of the molecule is Cc1ccc(N2C(=NC(=O)Cc3ccc(F)cc3)S[C@@H]3CS(=O)(=O)C[C@@H]32)cc1F. The standard InChI is InChI=1S/C20H18F2N2O3S2/c1-12-2-7-15(9-16(12)22)24-17-10-29(26,27)11-18(17)28-20(24)23-19(25)8-13-3-5-14(21)6-4-13/h2-7,9,17-18H,8,10-11H2,1H3/t17-,18+/m0/s1. The Morgan fingerprint density at radius 2 is 1.90 bits per heavy atom. The molecule has 0 spiro atoms. The van der Waals surface area contributed by atoms with Crippen LogP contribution in [0.1, 0.15) is 11.1 Å². The molecule has 0 radical (unpaired) electrons. The molecule has 0 unspecified atom stereocenters. The summed E-state index contributed by atoms with van der Waals surface area (Å²) in [6.07, 6.45) is -0.00588. The second-order valence-electron chi connectivity index (χ2n) is 7.20. The zero-order chi connectivity index (χ0) is 20.8. The minimum Gasteiger partial charge on any atom is -0.315 e. The van der Waals surface area contributed by atoms with Gasteiger partial charge in [-0.2, -0.15) is 4.99 Å². The van der Waals surface area contributed by atoms with Crippen LogP contribution in [0, 0.1) is 18.6 Å². The fraction of sp³-hybridized carbons (Fsp3) is 0.300. The fourth-order valence-corrected chi connectivity index (χ4v) is 7.45. The molecule has 2 aromatic rings. The smallest absolute Gasteiger partial charge is 0.252 e. The van der Waals surface area contributed by atoms with Crippen molar-refractivity contribution in [3.8, 4) is 0 Å². The van der Waals surface area contributed by atoms with Crippen LogP contribution in [0.15, 0.2) is 47.5 Å². The first-order valence-corrected chi connectivity index (χ1v) is 11.7. The minimum atomic E-state index is -3.20. The highest BCUT2D eigenvalue weighted by molar-refractivity contribution is 8.16. The van der Waals surface area contributed by atoms with Crippen molar-refractivity contribution in [2.24, 2.45) is 4.99 Å². The molecule has 2 aliphatic heterocycles. The van der Waals surface area contributed by atoms with Gasteiger partial charge >= 0.3 is 0 Å². The topological polar surface area (TPSA) is 66.8 Å². The number of anilines is 1. The summed E-state index contributed by atoms with van der Waals surface area (Å²) >= 11 is 1.23. The van der Waals surface area contributed by atoms with E-state index in [9.17, 15) is 22.0 Å². The van der Waals surface area contributed by atoms with Gasteiger partial charge in [0.05, 0.1) is 24.0 Å². The van der Waals surface area contributed by atoms with Gasteiger partial charge in [0.1, 0.15) is 11.6 Å². The van der Waals surface area contributed by atoms with E-state index in [1.54, 1.807) is 24.0 Å². The van der Waals surface area contributed by atoms with Crippen molar-refractivity contribution >= 4 is 38.4 Å². The molecule has 0 aromatic heterocycles. The first kappa shape index (κ1) is 20.0. The van der Waals surface area contributed by atoms with Crippen molar-refractivity contribution < 1.29 is 22.0 Å². The summed E-state index contributed by atoms with van der Waals surface area (Å²) in [5, 5.41) is 0.104. The Morgan fingerprint density at radius 1 is 1.17 bits per heavy atom. The number of aliphatic imine (C=N–C) groups is 1. The molecule has 0 saturated carbocycles. The van der Waals surface area contributed by atoms with Crippen LogP contribution >= 0.6 is 11.8 Å². The Morgan fingerprint density at radius 3 is 2.59 bits per heavy atom. The summed E-state index contributed by atoms with van der Waals surface area (Å²) in [7, 11) is -3.20. The number of rotatable bonds is 3. The molecule has 2 atom stereocenters. The molecule has 2 fully saturated rings. The zero-order valence-electron chi connectivity index (χ0n) is 15.5. The number of hydrogen-bond acceptors (Lipinski definition) is 4. The van der Waals surface area contributed by atoms with E-state index in [4.69, 9.17) is 0 Å². The molecule has 0 N–H and O–H groups in total. The number of aryl methyl sites for hydroxylation is 1. The van der Waals surface area contributed by atoms with Crippen molar-refractivity contribution in [1.29, 1.82) is 0 Å². The van der Waals surface area contributed by atoms with E-state index < -0.39 is 27.6 Å². The van der Waals surface area contributed by atoms with E-state index in [0.717, 1.165) is 0 Å². The lowest BCUT2D eigenvalue weighted by atomic mass is 10.1. The van der Waals surface area contributed by atoms with Crippen LogP contribution in [-0.4, -0.2) is 42.3 Å². The van der Waals surface area contributed by atoms with E-state index >= 15 is 0 Å². The van der Waals surface area contributed by atoms with Crippen molar-refractivity contribution in [2.75, 3.05) is 16.4 Å². The number of nitrogens with zero attached hydrogens (tertiary/aromatic N) is 2. The first-order chi connectivity index (χ1) is 13.7. The third-order valence-electron chi connectivity index (χ3n) is 4.99. The number of carbonyl (C=O) groups is 1. The van der Waals surface area contributed by atoms with Gasteiger partial charge < -0.3 is 4.90 Å². The number of halogens is 2. The third-order valence-corrected chi connectivity index (χ3v) is 8.20. The lowest BCUT2D eigenvalue weighted by molar-refractivity contribution is -0.117. The number of fused-ring (bicyclic) bond motifs is 1. The number of thioether (sulfide) groups is 1. The maximum absolute atomic E-state index is 14.1. The van der Waals surface area contributed by atoms with Gasteiger partial charge in [0.25, 0.3) is 5.91 Å². The molecule has 2 aromatic carbocycles. The number of benzene rings is 2. The Labute approximate surface area is 171 Å². The summed E-state index contributed by atoms with van der Waals surface area (Å²) in [5.74, 6) is -1.29. The summed E-state index contributed by atoms with van der Waals surface area (Å²) in [4.78, 5) is 18.3. The van der Waals surface area contributed by atoms with Crippen molar-refractivity contribution in [3.63, 3.8) is 0 Å². The van der Waals surface area contributed by atoms with Crippen LogP contribution in [0.2, 0.25) is 0 Å². The molecule has 5 nitrogen and oxygen atoms in total. The maximum Gasteiger partial charge on any atom is 0.252 e. The summed E-state index contributed by atoms with van der Waals surface area (Å²) in [6, 6.07) is 9.84. The molecule has 29 heavy (non-hydrogen) atoms. The van der Waals surface area contributed by atoms with Crippen LogP contribution in [0.25, 0.3) is 0 Å². The number of carbonyl (C=O) groups excluding carboxylic acids is 1. The Hall–Kier alpha value is -2.26. The third kappa shape index (κ3) is 4.20. The van der Waals surface area contributed by atoms with Gasteiger partial charge in [-0.1, -0.05) is 30.0 Å². The summed E-state index contributed by atoms with van der Waals surface area (Å²) < 4.78 is 51.4. The molecule has 2 aliphatic rings. The van der Waals surface area contributed by atoms with E-state index in [0.29, 0.717) is 22.0 Å². The molecule has 1 amide bonds. The minimum absolute atomic E-state index is 0.00164. The maximum atomic E-state index is 14.1. The van der Waals surface area contributed by atoms with Gasteiger partial charge in [-0.25, -0.2) is 17.2 Å². The van der Waals surface area contributed by atoms with Crippen molar-refractivity contribution in [2.45, 2.75) is 24.6 Å². The highest BCUT2D eigenvalue weighted by Crippen LogP contribution is 2.41.